The number of para-hydroxylation sites is 1. The lowest BCUT2D eigenvalue weighted by atomic mass is 9.81. The summed E-state index contributed by atoms with van der Waals surface area (Å²) < 4.78 is 2.56. The van der Waals surface area contributed by atoms with Crippen LogP contribution in [0.3, 0.4) is 0 Å². The van der Waals surface area contributed by atoms with Gasteiger partial charge in [0, 0.05) is 37.2 Å². The number of hydrogen-bond acceptors (Lipinski definition) is 2. The van der Waals surface area contributed by atoms with Gasteiger partial charge in [0.25, 0.3) is 0 Å². The van der Waals surface area contributed by atoms with Crippen LogP contribution in [0.2, 0.25) is 0 Å². The molecule has 2 heterocycles. The van der Waals surface area contributed by atoms with Gasteiger partial charge in [0.2, 0.25) is 5.69 Å². The van der Waals surface area contributed by atoms with Gasteiger partial charge in [0.1, 0.15) is 12.4 Å². The van der Waals surface area contributed by atoms with Gasteiger partial charge in [-0.05, 0) is 55.4 Å². The first kappa shape index (κ1) is 21.0. The summed E-state index contributed by atoms with van der Waals surface area (Å²) in [7, 11) is 0. The lowest BCUT2D eigenvalue weighted by Crippen LogP contribution is -2.54. The number of nitrogens with zero attached hydrogens (tertiary/aromatic N) is 3. The van der Waals surface area contributed by atoms with E-state index >= 15 is 0 Å². The second-order valence-corrected chi connectivity index (χ2v) is 9.79. The van der Waals surface area contributed by atoms with Gasteiger partial charge in [-0.25, -0.2) is 0 Å². The van der Waals surface area contributed by atoms with Gasteiger partial charge in [0.15, 0.2) is 5.71 Å². The molecule has 0 atom stereocenters. The predicted molar refractivity (Wildman–Crippen MR) is 121 cm³/mol. The van der Waals surface area contributed by atoms with E-state index in [2.05, 4.69) is 107 Å². The number of rotatable bonds is 5. The maximum Gasteiger partial charge on any atom is 0.209 e. The van der Waals surface area contributed by atoms with Gasteiger partial charge in [0.05, 0.1) is 16.5 Å². The van der Waals surface area contributed by atoms with Gasteiger partial charge in [-0.1, -0.05) is 25.1 Å². The van der Waals surface area contributed by atoms with Gasteiger partial charge < -0.3 is 9.80 Å². The van der Waals surface area contributed by atoms with E-state index < -0.39 is 0 Å². The number of hydrogen-bond donors (Lipinski definition) is 0. The molecule has 1 aromatic rings. The van der Waals surface area contributed by atoms with Crippen LogP contribution in [0.15, 0.2) is 36.2 Å². The van der Waals surface area contributed by atoms with Gasteiger partial charge in [-0.2, -0.15) is 4.58 Å². The van der Waals surface area contributed by atoms with Crippen molar-refractivity contribution in [1.82, 2.24) is 9.80 Å². The van der Waals surface area contributed by atoms with E-state index in [-0.39, 0.29) is 16.5 Å². The largest absolute Gasteiger partial charge is 0.351 e. The number of fused-ring (bicyclic) bond motifs is 1. The zero-order valence-electron chi connectivity index (χ0n) is 19.6. The van der Waals surface area contributed by atoms with E-state index in [4.69, 9.17) is 0 Å². The summed E-state index contributed by atoms with van der Waals surface area (Å²) in [5.74, 6) is 1.37. The molecule has 0 bridgehead atoms. The van der Waals surface area contributed by atoms with Crippen LogP contribution in [0.4, 0.5) is 5.69 Å². The molecule has 28 heavy (non-hydrogen) atoms. The fraction of sp³-hybridized carbons (Fsp3) is 0.640. The van der Waals surface area contributed by atoms with Crippen LogP contribution >= 0.6 is 0 Å². The fourth-order valence-corrected chi connectivity index (χ4v) is 5.34. The molecule has 1 fully saturated rings. The Morgan fingerprint density at radius 3 is 1.89 bits per heavy atom. The smallest absolute Gasteiger partial charge is 0.209 e. The third kappa shape index (κ3) is 2.73. The first-order valence-corrected chi connectivity index (χ1v) is 11.1. The summed E-state index contributed by atoms with van der Waals surface area (Å²) in [4.78, 5) is 5.21. The Morgan fingerprint density at radius 2 is 1.39 bits per heavy atom. The minimum atomic E-state index is 0.00839. The van der Waals surface area contributed by atoms with E-state index in [1.54, 1.807) is 0 Å². The van der Waals surface area contributed by atoms with Crippen molar-refractivity contribution in [3.8, 4) is 0 Å². The lowest BCUT2D eigenvalue weighted by Gasteiger charge is -2.42. The number of allylic oxidation sites excluding steroid dienone is 1. The SMILES string of the molecule is CCC[N+]1=C(C=C2N(CC)C(C)(C)C(C)(C)N2CC)C(C)(C)c2ccccc21. The van der Waals surface area contributed by atoms with Crippen LogP contribution < -0.4 is 0 Å². The lowest BCUT2D eigenvalue weighted by molar-refractivity contribution is -0.437. The van der Waals surface area contributed by atoms with Crippen LogP contribution in [0.25, 0.3) is 0 Å². The number of benzene rings is 1. The van der Waals surface area contributed by atoms with E-state index in [0.717, 1.165) is 26.1 Å². The van der Waals surface area contributed by atoms with Crippen molar-refractivity contribution in [3.05, 3.63) is 41.7 Å². The maximum atomic E-state index is 2.60. The normalized spacial score (nSPS) is 22.1. The minimum absolute atomic E-state index is 0.00839. The van der Waals surface area contributed by atoms with Crippen LogP contribution in [0, 0.1) is 0 Å². The molecule has 1 saturated heterocycles. The van der Waals surface area contributed by atoms with Gasteiger partial charge in [-0.3, -0.25) is 0 Å². The molecule has 0 amide bonds. The molecule has 3 nitrogen and oxygen atoms in total. The first-order valence-electron chi connectivity index (χ1n) is 11.1. The molecular formula is C25H40N3+. The Balaban J connectivity index is 2.24. The van der Waals surface area contributed by atoms with Crippen molar-refractivity contribution in [2.75, 3.05) is 19.6 Å². The van der Waals surface area contributed by atoms with Crippen molar-refractivity contribution in [2.24, 2.45) is 0 Å². The average Bonchev–Trinajstić information content (AvgIpc) is 2.92. The zero-order valence-corrected chi connectivity index (χ0v) is 19.6. The molecule has 0 aliphatic carbocycles. The third-order valence-corrected chi connectivity index (χ3v) is 7.54. The molecule has 0 spiro atoms. The molecule has 3 rings (SSSR count). The van der Waals surface area contributed by atoms with E-state index in [1.807, 2.05) is 0 Å². The van der Waals surface area contributed by atoms with Crippen LogP contribution in [-0.2, 0) is 5.41 Å². The molecule has 2 aliphatic rings. The molecular weight excluding hydrogens is 342 g/mol. The highest BCUT2D eigenvalue weighted by atomic mass is 15.5. The average molecular weight is 383 g/mol. The Labute approximate surface area is 172 Å². The summed E-state index contributed by atoms with van der Waals surface area (Å²) in [6.07, 6.45) is 3.64. The number of likely N-dealkylation sites (N-methyl/N-ethyl adjacent to an activating group) is 2. The summed E-state index contributed by atoms with van der Waals surface area (Å²) in [5.41, 5.74) is 4.41. The quantitative estimate of drug-likeness (QED) is 0.620. The highest BCUT2D eigenvalue weighted by Crippen LogP contribution is 2.47. The highest BCUT2D eigenvalue weighted by Gasteiger charge is 2.54. The van der Waals surface area contributed by atoms with Crippen molar-refractivity contribution in [3.63, 3.8) is 0 Å². The van der Waals surface area contributed by atoms with E-state index in [1.165, 1.54) is 22.8 Å². The fourth-order valence-electron chi connectivity index (χ4n) is 5.34. The summed E-state index contributed by atoms with van der Waals surface area (Å²) >= 11 is 0. The molecule has 1 aromatic carbocycles. The van der Waals surface area contributed by atoms with Crippen molar-refractivity contribution in [1.29, 1.82) is 0 Å². The van der Waals surface area contributed by atoms with Gasteiger partial charge in [-0.15, -0.1) is 0 Å². The molecule has 0 aromatic heterocycles. The van der Waals surface area contributed by atoms with Crippen LogP contribution in [-0.4, -0.2) is 50.8 Å². The first-order chi connectivity index (χ1) is 13.1. The van der Waals surface area contributed by atoms with Crippen molar-refractivity contribution < 1.29 is 4.58 Å². The van der Waals surface area contributed by atoms with Crippen molar-refractivity contribution >= 4 is 11.4 Å². The summed E-state index contributed by atoms with van der Waals surface area (Å²) in [6.45, 7) is 24.3. The molecule has 154 valence electrons. The highest BCUT2D eigenvalue weighted by molar-refractivity contribution is 6.03. The third-order valence-electron chi connectivity index (χ3n) is 7.54. The standard InChI is InChI=1S/C25H40N3/c1-10-17-26-20-16-14-13-15-19(20)23(4,5)21(26)18-22-27(11-2)24(6,7)25(8,9)28(22)12-3/h13-16,18H,10-12,17H2,1-9H3/q+1. The molecule has 2 aliphatic heterocycles. The molecule has 0 radical (unpaired) electrons. The molecule has 0 N–H and O–H groups in total. The van der Waals surface area contributed by atoms with Crippen LogP contribution in [0.1, 0.15) is 74.3 Å². The van der Waals surface area contributed by atoms with Crippen LogP contribution in [0.5, 0.6) is 0 Å². The Hall–Kier alpha value is -1.77. The Bertz CT molecular complexity index is 787. The second kappa shape index (κ2) is 6.93. The maximum absolute atomic E-state index is 2.60. The topological polar surface area (TPSA) is 9.49 Å². The monoisotopic (exact) mass is 382 g/mol. The zero-order chi connectivity index (χ0) is 20.9. The van der Waals surface area contributed by atoms with E-state index in [9.17, 15) is 0 Å². The molecule has 3 heteroatoms. The van der Waals surface area contributed by atoms with Gasteiger partial charge >= 0.3 is 0 Å². The Kier molecular flexibility index (Phi) is 5.19. The van der Waals surface area contributed by atoms with E-state index in [0.29, 0.717) is 0 Å². The Morgan fingerprint density at radius 1 is 0.857 bits per heavy atom. The second-order valence-electron chi connectivity index (χ2n) is 9.79. The summed E-state index contributed by atoms with van der Waals surface area (Å²) in [5, 5.41) is 0. The molecule has 0 unspecified atom stereocenters. The minimum Gasteiger partial charge on any atom is -0.351 e. The summed E-state index contributed by atoms with van der Waals surface area (Å²) in [6, 6.07) is 8.95. The molecule has 0 saturated carbocycles. The van der Waals surface area contributed by atoms with Crippen molar-refractivity contribution in [2.45, 2.75) is 85.2 Å². The predicted octanol–water partition coefficient (Wildman–Crippen LogP) is 5.53.